The summed E-state index contributed by atoms with van der Waals surface area (Å²) in [6.45, 7) is 4.60. The van der Waals surface area contributed by atoms with E-state index in [-0.39, 0.29) is 30.3 Å². The van der Waals surface area contributed by atoms with Gasteiger partial charge in [-0.2, -0.15) is 0 Å². The fourth-order valence-electron chi connectivity index (χ4n) is 1.50. The first-order valence-corrected chi connectivity index (χ1v) is 5.57. The number of hydrogen-bond donors (Lipinski definition) is 2. The second kappa shape index (κ2) is 6.84. The number of rotatable bonds is 4. The van der Waals surface area contributed by atoms with Crippen molar-refractivity contribution in [2.24, 2.45) is 5.73 Å². The Morgan fingerprint density at radius 3 is 2.53 bits per heavy atom. The molecule has 3 nitrogen and oxygen atoms in total. The first-order valence-electron chi connectivity index (χ1n) is 5.19. The Morgan fingerprint density at radius 2 is 2.00 bits per heavy atom. The molecule has 0 saturated carbocycles. The summed E-state index contributed by atoms with van der Waals surface area (Å²) in [5, 5.41) is 3.49. The van der Waals surface area contributed by atoms with E-state index in [1.165, 1.54) is 0 Å². The second-order valence-corrected chi connectivity index (χ2v) is 4.75. The molecule has 1 aromatic carbocycles. The lowest BCUT2D eigenvalue weighted by atomic mass is 9.84. The van der Waals surface area contributed by atoms with Crippen LogP contribution < -0.4 is 11.1 Å². The molecule has 1 rings (SSSR count). The molecule has 0 fully saturated rings. The molecule has 5 heteroatoms. The largest absolute Gasteiger partial charge is 0.354 e. The smallest absolute Gasteiger partial charge is 0.233 e. The molecule has 0 aliphatic heterocycles. The van der Waals surface area contributed by atoms with Gasteiger partial charge in [-0.1, -0.05) is 43.6 Å². The van der Waals surface area contributed by atoms with E-state index in [2.05, 4.69) is 5.32 Å². The van der Waals surface area contributed by atoms with Crippen molar-refractivity contribution >= 4 is 29.9 Å². The lowest BCUT2D eigenvalue weighted by Crippen LogP contribution is -2.39. The number of amides is 1. The number of nitrogens with two attached hydrogens (primary N) is 1. The highest BCUT2D eigenvalue weighted by molar-refractivity contribution is 6.31. The minimum Gasteiger partial charge on any atom is -0.354 e. The van der Waals surface area contributed by atoms with E-state index < -0.39 is 0 Å². The average molecular weight is 277 g/mol. The molecule has 0 aliphatic carbocycles. The van der Waals surface area contributed by atoms with E-state index in [9.17, 15) is 4.79 Å². The van der Waals surface area contributed by atoms with Crippen molar-refractivity contribution in [1.82, 2.24) is 5.32 Å². The minimum atomic E-state index is -0.205. The van der Waals surface area contributed by atoms with Crippen molar-refractivity contribution in [2.75, 3.05) is 13.1 Å². The predicted molar refractivity (Wildman–Crippen MR) is 73.8 cm³/mol. The molecule has 1 amide bonds. The van der Waals surface area contributed by atoms with E-state index in [0.29, 0.717) is 6.54 Å². The minimum absolute atomic E-state index is 0. The molecule has 0 unspecified atom stereocenters. The SMILES string of the molecule is CC(C)(CNC(=O)CN)c1ccccc1Cl.Cl. The zero-order chi connectivity index (χ0) is 12.2. The number of hydrogen-bond acceptors (Lipinski definition) is 2. The lowest BCUT2D eigenvalue weighted by molar-refractivity contribution is -0.119. The van der Waals surface area contributed by atoms with Crippen molar-refractivity contribution in [1.29, 1.82) is 0 Å². The summed E-state index contributed by atoms with van der Waals surface area (Å²) in [5.41, 5.74) is 6.05. The summed E-state index contributed by atoms with van der Waals surface area (Å²) in [5.74, 6) is -0.153. The summed E-state index contributed by atoms with van der Waals surface area (Å²) in [4.78, 5) is 11.1. The number of nitrogens with one attached hydrogen (secondary N) is 1. The van der Waals surface area contributed by atoms with Gasteiger partial charge in [0.1, 0.15) is 0 Å². The van der Waals surface area contributed by atoms with Gasteiger partial charge in [-0.25, -0.2) is 0 Å². The highest BCUT2D eigenvalue weighted by Crippen LogP contribution is 2.28. The Balaban J connectivity index is 0.00000256. The summed E-state index contributed by atoms with van der Waals surface area (Å²) >= 11 is 6.12. The van der Waals surface area contributed by atoms with Crippen LogP contribution in [0.15, 0.2) is 24.3 Å². The molecule has 0 atom stereocenters. The van der Waals surface area contributed by atoms with Gasteiger partial charge in [0.05, 0.1) is 6.54 Å². The van der Waals surface area contributed by atoms with Crippen molar-refractivity contribution < 1.29 is 4.79 Å². The van der Waals surface area contributed by atoms with Gasteiger partial charge < -0.3 is 11.1 Å². The maximum Gasteiger partial charge on any atom is 0.233 e. The van der Waals surface area contributed by atoms with Crippen LogP contribution in [0.1, 0.15) is 19.4 Å². The molecule has 0 aromatic heterocycles. The molecule has 0 aliphatic rings. The van der Waals surface area contributed by atoms with Crippen LogP contribution in [0.2, 0.25) is 5.02 Å². The van der Waals surface area contributed by atoms with Gasteiger partial charge in [0.2, 0.25) is 5.91 Å². The highest BCUT2D eigenvalue weighted by Gasteiger charge is 2.23. The van der Waals surface area contributed by atoms with Crippen LogP contribution in [-0.4, -0.2) is 19.0 Å². The van der Waals surface area contributed by atoms with Crippen molar-refractivity contribution in [3.8, 4) is 0 Å². The average Bonchev–Trinajstić information content (AvgIpc) is 2.26. The fourth-order valence-corrected chi connectivity index (χ4v) is 1.89. The number of halogens is 2. The third-order valence-corrected chi connectivity index (χ3v) is 2.85. The van der Waals surface area contributed by atoms with Gasteiger partial charge in [-0.3, -0.25) is 4.79 Å². The van der Waals surface area contributed by atoms with Crippen LogP contribution in [0.25, 0.3) is 0 Å². The van der Waals surface area contributed by atoms with Gasteiger partial charge in [0.15, 0.2) is 0 Å². The van der Waals surface area contributed by atoms with Crippen LogP contribution in [0.4, 0.5) is 0 Å². The quantitative estimate of drug-likeness (QED) is 0.885. The van der Waals surface area contributed by atoms with Crippen LogP contribution in [0, 0.1) is 0 Å². The first kappa shape index (κ1) is 16.2. The summed E-state index contributed by atoms with van der Waals surface area (Å²) in [7, 11) is 0. The van der Waals surface area contributed by atoms with Crippen molar-refractivity contribution in [2.45, 2.75) is 19.3 Å². The van der Waals surface area contributed by atoms with Gasteiger partial charge >= 0.3 is 0 Å². The molecule has 17 heavy (non-hydrogen) atoms. The Labute approximate surface area is 113 Å². The molecule has 0 bridgehead atoms. The molecule has 96 valence electrons. The number of carbonyl (C=O) groups excluding carboxylic acids is 1. The Kier molecular flexibility index (Phi) is 6.53. The maximum absolute atomic E-state index is 11.1. The van der Waals surface area contributed by atoms with E-state index in [1.54, 1.807) is 0 Å². The first-order chi connectivity index (χ1) is 7.47. The third-order valence-electron chi connectivity index (χ3n) is 2.52. The highest BCUT2D eigenvalue weighted by atomic mass is 35.5. The van der Waals surface area contributed by atoms with Crippen molar-refractivity contribution in [3.05, 3.63) is 34.9 Å². The Bertz CT molecular complexity index is 381. The van der Waals surface area contributed by atoms with Crippen LogP contribution >= 0.6 is 24.0 Å². The fraction of sp³-hybridized carbons (Fsp3) is 0.417. The van der Waals surface area contributed by atoms with Crippen molar-refractivity contribution in [3.63, 3.8) is 0 Å². The predicted octanol–water partition coefficient (Wildman–Crippen LogP) is 2.11. The Hall–Kier alpha value is -0.770. The van der Waals surface area contributed by atoms with Gasteiger partial charge in [0, 0.05) is 17.0 Å². The molecular weight excluding hydrogens is 259 g/mol. The molecule has 0 spiro atoms. The number of benzene rings is 1. The van der Waals surface area contributed by atoms with E-state index >= 15 is 0 Å². The summed E-state index contributed by atoms with van der Waals surface area (Å²) in [6.07, 6.45) is 0. The molecule has 3 N–H and O–H groups in total. The Morgan fingerprint density at radius 1 is 1.41 bits per heavy atom. The number of carbonyl (C=O) groups is 1. The third kappa shape index (κ3) is 4.54. The molecule has 0 heterocycles. The maximum atomic E-state index is 11.1. The second-order valence-electron chi connectivity index (χ2n) is 4.34. The van der Waals surface area contributed by atoms with Gasteiger partial charge in [-0.15, -0.1) is 12.4 Å². The topological polar surface area (TPSA) is 55.1 Å². The molecule has 0 radical (unpaired) electrons. The zero-order valence-electron chi connectivity index (χ0n) is 10.00. The zero-order valence-corrected chi connectivity index (χ0v) is 11.6. The van der Waals surface area contributed by atoms with Crippen LogP contribution in [-0.2, 0) is 10.2 Å². The summed E-state index contributed by atoms with van der Waals surface area (Å²) < 4.78 is 0. The lowest BCUT2D eigenvalue weighted by Gasteiger charge is -2.26. The molecule has 1 aromatic rings. The normalized spacial score (nSPS) is 10.6. The van der Waals surface area contributed by atoms with Gasteiger partial charge in [0.25, 0.3) is 0 Å². The van der Waals surface area contributed by atoms with E-state index in [4.69, 9.17) is 17.3 Å². The monoisotopic (exact) mass is 276 g/mol. The van der Waals surface area contributed by atoms with Gasteiger partial charge in [-0.05, 0) is 11.6 Å². The van der Waals surface area contributed by atoms with Crippen LogP contribution in [0.3, 0.4) is 0 Å². The molecular formula is C12H18Cl2N2O. The van der Waals surface area contributed by atoms with Crippen LogP contribution in [0.5, 0.6) is 0 Å². The standard InChI is InChI=1S/C12H17ClN2O.ClH/c1-12(2,8-15-11(16)7-14)9-5-3-4-6-10(9)13;/h3-6H,7-8,14H2,1-2H3,(H,15,16);1H. The van der Waals surface area contributed by atoms with E-state index in [1.807, 2.05) is 38.1 Å². The summed E-state index contributed by atoms with van der Waals surface area (Å²) in [6, 6.07) is 7.65. The van der Waals surface area contributed by atoms with E-state index in [0.717, 1.165) is 10.6 Å². The molecule has 0 saturated heterocycles.